The summed E-state index contributed by atoms with van der Waals surface area (Å²) in [6, 6.07) is 0. The zero-order chi connectivity index (χ0) is 13.2. The van der Waals surface area contributed by atoms with Crippen LogP contribution in [0.25, 0.3) is 0 Å². The maximum absolute atomic E-state index is 12.2. The molecular weight excluding hydrogens is 246 g/mol. The summed E-state index contributed by atoms with van der Waals surface area (Å²) >= 11 is 0. The van der Waals surface area contributed by atoms with Crippen molar-refractivity contribution in [3.63, 3.8) is 0 Å². The van der Waals surface area contributed by atoms with Crippen LogP contribution in [0, 0.1) is 0 Å². The molecule has 0 bridgehead atoms. The van der Waals surface area contributed by atoms with E-state index in [-0.39, 0.29) is 11.7 Å². The lowest BCUT2D eigenvalue weighted by Gasteiger charge is -2.31. The predicted octanol–water partition coefficient (Wildman–Crippen LogP) is -0.715. The van der Waals surface area contributed by atoms with E-state index in [2.05, 4.69) is 15.1 Å². The number of rotatable bonds is 2. The van der Waals surface area contributed by atoms with E-state index in [1.54, 1.807) is 11.2 Å². The van der Waals surface area contributed by atoms with Gasteiger partial charge < -0.3 is 9.47 Å². The molecule has 0 atom stereocenters. The Bertz CT molecular complexity index is 488. The Morgan fingerprint density at radius 1 is 1.21 bits per heavy atom. The van der Waals surface area contributed by atoms with Crippen molar-refractivity contribution in [2.24, 2.45) is 0 Å². The molecule has 0 aromatic carbocycles. The van der Waals surface area contributed by atoms with E-state index in [0.717, 1.165) is 18.9 Å². The van der Waals surface area contributed by atoms with E-state index < -0.39 is 0 Å². The van der Waals surface area contributed by atoms with Gasteiger partial charge in [-0.1, -0.05) is 0 Å². The predicted molar refractivity (Wildman–Crippen MR) is 66.1 cm³/mol. The summed E-state index contributed by atoms with van der Waals surface area (Å²) in [5, 5.41) is 7.91. The van der Waals surface area contributed by atoms with Crippen LogP contribution in [-0.4, -0.2) is 62.4 Å². The molecule has 7 heteroatoms. The minimum absolute atomic E-state index is 0.112. The molecule has 0 radical (unpaired) electrons. The minimum atomic E-state index is 0.112. The Morgan fingerprint density at radius 3 is 2.79 bits per heavy atom. The highest BCUT2D eigenvalue weighted by molar-refractivity contribution is 5.84. The molecule has 0 N–H and O–H groups in total. The fourth-order valence-corrected chi connectivity index (χ4v) is 2.55. The van der Waals surface area contributed by atoms with Gasteiger partial charge in [-0.3, -0.25) is 14.5 Å². The summed E-state index contributed by atoms with van der Waals surface area (Å²) in [5.41, 5.74) is 0. The highest BCUT2D eigenvalue weighted by atomic mass is 16.2. The van der Waals surface area contributed by atoms with Crippen molar-refractivity contribution in [1.82, 2.24) is 24.6 Å². The first kappa shape index (κ1) is 12.3. The lowest BCUT2D eigenvalue weighted by Crippen LogP contribution is -2.46. The van der Waals surface area contributed by atoms with E-state index in [1.165, 1.54) is 0 Å². The van der Waals surface area contributed by atoms with Crippen LogP contribution in [0.2, 0.25) is 0 Å². The molecule has 7 nitrogen and oxygen atoms in total. The molecule has 3 heterocycles. The third kappa shape index (κ3) is 2.65. The fraction of sp³-hybridized carbons (Fsp3) is 0.667. The number of hydrogen-bond acceptors (Lipinski definition) is 5. The van der Waals surface area contributed by atoms with Gasteiger partial charge in [0, 0.05) is 39.0 Å². The van der Waals surface area contributed by atoms with Crippen LogP contribution in [0.1, 0.15) is 18.7 Å². The molecule has 1 aromatic rings. The van der Waals surface area contributed by atoms with Gasteiger partial charge in [0.15, 0.2) is 0 Å². The molecule has 1 amide bonds. The number of likely N-dealkylation sites (tertiary alicyclic amines) is 1. The number of piperidine rings is 1. The number of Topliss-reactive ketones (excluding diaryl/α,β-unsaturated/α-hetero) is 1. The number of amides is 1. The Morgan fingerprint density at radius 2 is 2.00 bits per heavy atom. The quantitative estimate of drug-likeness (QED) is 0.704. The Balaban J connectivity index is 1.54. The van der Waals surface area contributed by atoms with Crippen LogP contribution in [-0.2, 0) is 22.7 Å². The van der Waals surface area contributed by atoms with Crippen molar-refractivity contribution < 1.29 is 9.59 Å². The van der Waals surface area contributed by atoms with Gasteiger partial charge >= 0.3 is 0 Å². The first-order chi connectivity index (χ1) is 9.22. The van der Waals surface area contributed by atoms with Crippen LogP contribution in [0.5, 0.6) is 0 Å². The summed E-state index contributed by atoms with van der Waals surface area (Å²) in [7, 11) is 0. The average molecular weight is 263 g/mol. The standard InChI is InChI=1S/C12H17N5O2/c18-10-1-3-16(4-2-10)12(19)8-15-5-6-17-9-13-14-11(17)7-15/h9H,1-8H2. The van der Waals surface area contributed by atoms with Crippen molar-refractivity contribution in [2.45, 2.75) is 25.9 Å². The first-order valence-corrected chi connectivity index (χ1v) is 6.61. The molecule has 2 aliphatic heterocycles. The third-order valence-corrected chi connectivity index (χ3v) is 3.75. The number of nitrogens with zero attached hydrogens (tertiary/aromatic N) is 5. The largest absolute Gasteiger partial charge is 0.341 e. The van der Waals surface area contributed by atoms with Crippen LogP contribution in [0.4, 0.5) is 0 Å². The summed E-state index contributed by atoms with van der Waals surface area (Å²) < 4.78 is 2.01. The lowest BCUT2D eigenvalue weighted by molar-refractivity contribution is -0.135. The number of carbonyl (C=O) groups is 2. The molecular formula is C12H17N5O2. The van der Waals surface area contributed by atoms with Crippen molar-refractivity contribution in [3.8, 4) is 0 Å². The number of hydrogen-bond donors (Lipinski definition) is 0. The number of carbonyl (C=O) groups excluding carboxylic acids is 2. The second-order valence-corrected chi connectivity index (χ2v) is 5.07. The van der Waals surface area contributed by atoms with Crippen LogP contribution in [0.15, 0.2) is 6.33 Å². The zero-order valence-electron chi connectivity index (χ0n) is 10.8. The van der Waals surface area contributed by atoms with Gasteiger partial charge in [-0.2, -0.15) is 0 Å². The van der Waals surface area contributed by atoms with Crippen molar-refractivity contribution >= 4 is 11.7 Å². The summed E-state index contributed by atoms with van der Waals surface area (Å²) in [4.78, 5) is 27.2. The second kappa shape index (κ2) is 5.08. The molecule has 1 aromatic heterocycles. The Labute approximate surface area is 111 Å². The smallest absolute Gasteiger partial charge is 0.236 e. The summed E-state index contributed by atoms with van der Waals surface area (Å²) in [6.45, 7) is 3.88. The van der Waals surface area contributed by atoms with Crippen molar-refractivity contribution in [1.29, 1.82) is 0 Å². The minimum Gasteiger partial charge on any atom is -0.341 e. The van der Waals surface area contributed by atoms with Gasteiger partial charge in [0.25, 0.3) is 0 Å². The molecule has 102 valence electrons. The maximum atomic E-state index is 12.2. The Kier molecular flexibility index (Phi) is 3.29. The number of fused-ring (bicyclic) bond motifs is 1. The highest BCUT2D eigenvalue weighted by Gasteiger charge is 2.24. The van der Waals surface area contributed by atoms with Crippen molar-refractivity contribution in [3.05, 3.63) is 12.2 Å². The second-order valence-electron chi connectivity index (χ2n) is 5.07. The number of aromatic nitrogens is 3. The van der Waals surface area contributed by atoms with Gasteiger partial charge in [-0.15, -0.1) is 10.2 Å². The van der Waals surface area contributed by atoms with Gasteiger partial charge in [0.05, 0.1) is 13.1 Å². The molecule has 1 fully saturated rings. The van der Waals surface area contributed by atoms with Gasteiger partial charge in [0.2, 0.25) is 5.91 Å². The van der Waals surface area contributed by atoms with Gasteiger partial charge in [0.1, 0.15) is 17.9 Å². The van der Waals surface area contributed by atoms with E-state index in [0.29, 0.717) is 39.0 Å². The molecule has 0 saturated carbocycles. The zero-order valence-corrected chi connectivity index (χ0v) is 10.8. The Hall–Kier alpha value is -1.76. The SMILES string of the molecule is O=C1CCN(C(=O)CN2CCn3cnnc3C2)CC1. The van der Waals surface area contributed by atoms with Gasteiger partial charge in [-0.25, -0.2) is 0 Å². The third-order valence-electron chi connectivity index (χ3n) is 3.75. The molecule has 19 heavy (non-hydrogen) atoms. The fourth-order valence-electron chi connectivity index (χ4n) is 2.55. The van der Waals surface area contributed by atoms with E-state index in [4.69, 9.17) is 0 Å². The molecule has 2 aliphatic rings. The summed E-state index contributed by atoms with van der Waals surface area (Å²) in [6.07, 6.45) is 2.73. The van der Waals surface area contributed by atoms with Crippen molar-refractivity contribution in [2.75, 3.05) is 26.2 Å². The summed E-state index contributed by atoms with van der Waals surface area (Å²) in [5.74, 6) is 1.28. The molecule has 0 aliphatic carbocycles. The van der Waals surface area contributed by atoms with Gasteiger partial charge in [-0.05, 0) is 0 Å². The van der Waals surface area contributed by atoms with E-state index in [9.17, 15) is 9.59 Å². The monoisotopic (exact) mass is 263 g/mol. The normalized spacial score (nSPS) is 20.4. The molecule has 0 unspecified atom stereocenters. The average Bonchev–Trinajstić information content (AvgIpc) is 2.87. The van der Waals surface area contributed by atoms with E-state index in [1.807, 2.05) is 4.57 Å². The molecule has 3 rings (SSSR count). The van der Waals surface area contributed by atoms with Crippen LogP contribution >= 0.6 is 0 Å². The highest BCUT2D eigenvalue weighted by Crippen LogP contribution is 2.11. The topological polar surface area (TPSA) is 71.3 Å². The first-order valence-electron chi connectivity index (χ1n) is 6.61. The molecule has 0 spiro atoms. The lowest BCUT2D eigenvalue weighted by atomic mass is 10.1. The molecule has 1 saturated heterocycles. The maximum Gasteiger partial charge on any atom is 0.236 e. The van der Waals surface area contributed by atoms with Crippen LogP contribution in [0.3, 0.4) is 0 Å². The van der Waals surface area contributed by atoms with Crippen LogP contribution < -0.4 is 0 Å². The number of ketones is 1. The van der Waals surface area contributed by atoms with E-state index >= 15 is 0 Å².